The van der Waals surface area contributed by atoms with E-state index in [1.54, 1.807) is 47.4 Å². The highest BCUT2D eigenvalue weighted by Crippen LogP contribution is 2.39. The number of nitrogens with one attached hydrogen (secondary N) is 2. The number of nitrogens with zero attached hydrogens (tertiary/aromatic N) is 1. The van der Waals surface area contributed by atoms with Gasteiger partial charge in [0.15, 0.2) is 0 Å². The van der Waals surface area contributed by atoms with Gasteiger partial charge < -0.3 is 10.2 Å². The van der Waals surface area contributed by atoms with E-state index >= 15 is 0 Å². The van der Waals surface area contributed by atoms with Gasteiger partial charge >= 0.3 is 6.03 Å². The summed E-state index contributed by atoms with van der Waals surface area (Å²) in [6, 6.07) is 18.7. The largest absolute Gasteiger partial charge is 0.335 e. The predicted molar refractivity (Wildman–Crippen MR) is 142 cm³/mol. The zero-order valence-electron chi connectivity index (χ0n) is 20.9. The highest BCUT2D eigenvalue weighted by molar-refractivity contribution is 7.90. The highest BCUT2D eigenvalue weighted by atomic mass is 32.2. The summed E-state index contributed by atoms with van der Waals surface area (Å²) in [7, 11) is -4.02. The Morgan fingerprint density at radius 3 is 2.26 bits per heavy atom. The third kappa shape index (κ3) is 5.43. The van der Waals surface area contributed by atoms with Crippen LogP contribution in [0.2, 0.25) is 0 Å². The van der Waals surface area contributed by atoms with Crippen molar-refractivity contribution in [1.29, 1.82) is 0 Å². The Morgan fingerprint density at radius 2 is 1.55 bits per heavy atom. The summed E-state index contributed by atoms with van der Waals surface area (Å²) in [5.41, 5.74) is 2.57. The maximum atomic E-state index is 14.7. The van der Waals surface area contributed by atoms with Gasteiger partial charge in [-0.05, 0) is 54.7 Å². The summed E-state index contributed by atoms with van der Waals surface area (Å²) in [5.74, 6) is -0.539. The van der Waals surface area contributed by atoms with Crippen molar-refractivity contribution in [2.45, 2.75) is 55.5 Å². The maximum Gasteiger partial charge on any atom is 0.328 e. The molecule has 1 heterocycles. The van der Waals surface area contributed by atoms with Crippen LogP contribution in [0, 0.1) is 5.82 Å². The van der Waals surface area contributed by atoms with Crippen LogP contribution < -0.4 is 10.0 Å². The van der Waals surface area contributed by atoms with E-state index in [0.717, 1.165) is 43.2 Å². The first-order chi connectivity index (χ1) is 18.3. The second-order valence-corrected chi connectivity index (χ2v) is 11.5. The molecule has 2 aliphatic rings. The number of hydrogen-bond donors (Lipinski definition) is 2. The van der Waals surface area contributed by atoms with E-state index in [9.17, 15) is 22.4 Å². The first kappa shape index (κ1) is 25.9. The molecule has 2 N–H and O–H groups in total. The zero-order chi connectivity index (χ0) is 26.7. The van der Waals surface area contributed by atoms with Gasteiger partial charge in [-0.3, -0.25) is 4.79 Å². The van der Waals surface area contributed by atoms with E-state index < -0.39 is 22.1 Å². The SMILES string of the molecule is O=C(NC1CCCCC1)NS(=O)(=O)c1ccc(CCN2C(=O)c3ccccc3C2c2ccccc2F)cc1. The molecular formula is C29H30FN3O4S. The van der Waals surface area contributed by atoms with Crippen molar-refractivity contribution >= 4 is 22.0 Å². The molecule has 0 aromatic heterocycles. The van der Waals surface area contributed by atoms with Gasteiger partial charge in [-0.15, -0.1) is 0 Å². The van der Waals surface area contributed by atoms with Crippen molar-refractivity contribution in [3.63, 3.8) is 0 Å². The lowest BCUT2D eigenvalue weighted by atomic mass is 9.96. The fourth-order valence-electron chi connectivity index (χ4n) is 5.36. The summed E-state index contributed by atoms with van der Waals surface area (Å²) < 4.78 is 42.2. The average Bonchev–Trinajstić information content (AvgIpc) is 3.19. The molecule has 1 saturated carbocycles. The molecule has 0 bridgehead atoms. The zero-order valence-corrected chi connectivity index (χ0v) is 21.7. The molecule has 7 nitrogen and oxygen atoms in total. The van der Waals surface area contributed by atoms with Crippen molar-refractivity contribution in [3.05, 3.63) is 101 Å². The van der Waals surface area contributed by atoms with E-state index in [4.69, 9.17) is 0 Å². The molecule has 1 fully saturated rings. The second-order valence-electron chi connectivity index (χ2n) is 9.82. The Labute approximate surface area is 222 Å². The molecule has 3 aromatic carbocycles. The van der Waals surface area contributed by atoms with Crippen LogP contribution in [-0.4, -0.2) is 37.8 Å². The Kier molecular flexibility index (Phi) is 7.46. The molecule has 38 heavy (non-hydrogen) atoms. The van der Waals surface area contributed by atoms with Crippen molar-refractivity contribution in [3.8, 4) is 0 Å². The molecule has 198 valence electrons. The number of benzene rings is 3. The Balaban J connectivity index is 1.26. The minimum absolute atomic E-state index is 0.00560. The number of fused-ring (bicyclic) bond motifs is 1. The first-order valence-electron chi connectivity index (χ1n) is 12.9. The van der Waals surface area contributed by atoms with Gasteiger partial charge in [-0.1, -0.05) is 67.8 Å². The predicted octanol–water partition coefficient (Wildman–Crippen LogP) is 4.93. The van der Waals surface area contributed by atoms with E-state index in [1.165, 1.54) is 18.2 Å². The number of rotatable bonds is 7. The smallest absolute Gasteiger partial charge is 0.328 e. The van der Waals surface area contributed by atoms with Gasteiger partial charge in [0.05, 0.1) is 10.9 Å². The van der Waals surface area contributed by atoms with Crippen LogP contribution in [0.15, 0.2) is 77.7 Å². The lowest BCUT2D eigenvalue weighted by Gasteiger charge is -2.26. The Morgan fingerprint density at radius 1 is 0.895 bits per heavy atom. The number of carbonyl (C=O) groups excluding carboxylic acids is 2. The fraction of sp³-hybridized carbons (Fsp3) is 0.310. The minimum atomic E-state index is -4.02. The van der Waals surface area contributed by atoms with Crippen LogP contribution >= 0.6 is 0 Å². The van der Waals surface area contributed by atoms with Crippen molar-refractivity contribution in [1.82, 2.24) is 14.9 Å². The quantitative estimate of drug-likeness (QED) is 0.448. The molecule has 1 aliphatic carbocycles. The average molecular weight is 536 g/mol. The van der Waals surface area contributed by atoms with Gasteiger partial charge in [0.25, 0.3) is 15.9 Å². The normalized spacial score (nSPS) is 17.8. The number of carbonyl (C=O) groups is 2. The molecule has 1 aliphatic heterocycles. The van der Waals surface area contributed by atoms with Crippen LogP contribution in [0.3, 0.4) is 0 Å². The maximum absolute atomic E-state index is 14.7. The Hall–Kier alpha value is -3.72. The monoisotopic (exact) mass is 535 g/mol. The van der Waals surface area contributed by atoms with Crippen LogP contribution in [0.5, 0.6) is 0 Å². The topological polar surface area (TPSA) is 95.6 Å². The molecule has 1 unspecified atom stereocenters. The number of amides is 3. The molecule has 1 atom stereocenters. The number of urea groups is 1. The molecule has 3 amide bonds. The summed E-state index contributed by atoms with van der Waals surface area (Å²) in [4.78, 5) is 27.1. The molecule has 0 spiro atoms. The molecular weight excluding hydrogens is 505 g/mol. The summed E-state index contributed by atoms with van der Waals surface area (Å²) in [5, 5.41) is 2.75. The van der Waals surface area contributed by atoms with Crippen molar-refractivity contribution < 1.29 is 22.4 Å². The van der Waals surface area contributed by atoms with E-state index in [1.807, 2.05) is 12.1 Å². The number of hydrogen-bond acceptors (Lipinski definition) is 4. The first-order valence-corrected chi connectivity index (χ1v) is 14.4. The van der Waals surface area contributed by atoms with Gasteiger partial charge in [0.2, 0.25) is 0 Å². The van der Waals surface area contributed by atoms with Gasteiger partial charge in [0, 0.05) is 23.7 Å². The summed E-state index contributed by atoms with van der Waals surface area (Å²) in [6.45, 7) is 0.320. The van der Waals surface area contributed by atoms with Crippen molar-refractivity contribution in [2.75, 3.05) is 6.54 Å². The third-order valence-corrected chi connectivity index (χ3v) is 8.65. The van der Waals surface area contributed by atoms with Crippen LogP contribution in [0.4, 0.5) is 9.18 Å². The lowest BCUT2D eigenvalue weighted by molar-refractivity contribution is 0.0750. The fourth-order valence-corrected chi connectivity index (χ4v) is 6.28. The van der Waals surface area contributed by atoms with Crippen LogP contribution in [-0.2, 0) is 16.4 Å². The Bertz CT molecular complexity index is 1440. The standard InChI is InChI=1S/C29H30FN3O4S/c30-26-13-7-6-12-25(26)27-23-10-4-5-11-24(23)28(34)33(27)19-18-20-14-16-22(17-15-20)38(36,37)32-29(35)31-21-8-2-1-3-9-21/h4-7,10-17,21,27H,1-3,8-9,18-19H2,(H2,31,32,35). The molecule has 9 heteroatoms. The van der Waals surface area contributed by atoms with E-state index in [-0.39, 0.29) is 22.7 Å². The third-order valence-electron chi connectivity index (χ3n) is 7.30. The lowest BCUT2D eigenvalue weighted by Crippen LogP contribution is -2.45. The highest BCUT2D eigenvalue weighted by Gasteiger charge is 2.38. The molecule has 0 saturated heterocycles. The minimum Gasteiger partial charge on any atom is -0.335 e. The summed E-state index contributed by atoms with van der Waals surface area (Å²) in [6.07, 6.45) is 5.33. The van der Waals surface area contributed by atoms with Gasteiger partial charge in [-0.2, -0.15) is 0 Å². The van der Waals surface area contributed by atoms with E-state index in [0.29, 0.717) is 24.1 Å². The van der Waals surface area contributed by atoms with Gasteiger partial charge in [0.1, 0.15) is 5.82 Å². The van der Waals surface area contributed by atoms with E-state index in [2.05, 4.69) is 10.0 Å². The molecule has 3 aromatic rings. The van der Waals surface area contributed by atoms with Gasteiger partial charge in [-0.25, -0.2) is 22.3 Å². The van der Waals surface area contributed by atoms with Crippen molar-refractivity contribution in [2.24, 2.45) is 0 Å². The van der Waals surface area contributed by atoms with Crippen LogP contribution in [0.25, 0.3) is 0 Å². The number of halogens is 1. The summed E-state index contributed by atoms with van der Waals surface area (Å²) >= 11 is 0. The number of sulfonamides is 1. The molecule has 0 radical (unpaired) electrons. The van der Waals surface area contributed by atoms with Crippen LogP contribution in [0.1, 0.15) is 65.2 Å². The second kappa shape index (κ2) is 10.9. The molecule has 5 rings (SSSR count).